The summed E-state index contributed by atoms with van der Waals surface area (Å²) in [5.74, 6) is -0.316. The molecule has 1 aromatic rings. The summed E-state index contributed by atoms with van der Waals surface area (Å²) in [5, 5.41) is 11.4. The van der Waals surface area contributed by atoms with E-state index in [0.29, 0.717) is 25.2 Å². The summed E-state index contributed by atoms with van der Waals surface area (Å²) in [6.07, 6.45) is 11.7. The molecular weight excluding hydrogens is 578 g/mol. The first-order valence-corrected chi connectivity index (χ1v) is 16.0. The topological polar surface area (TPSA) is 133 Å². The van der Waals surface area contributed by atoms with E-state index in [1.54, 1.807) is 20.3 Å². The fourth-order valence-electron chi connectivity index (χ4n) is 6.64. The zero-order valence-corrected chi connectivity index (χ0v) is 27.3. The van der Waals surface area contributed by atoms with Gasteiger partial charge in [-0.1, -0.05) is 44.2 Å². The predicted octanol–water partition coefficient (Wildman–Crippen LogP) is 5.05. The molecule has 1 N–H and O–H groups in total. The molecule has 3 saturated heterocycles. The summed E-state index contributed by atoms with van der Waals surface area (Å²) >= 11 is 0. The van der Waals surface area contributed by atoms with Crippen LogP contribution >= 0.6 is 0 Å². The molecule has 0 unspecified atom stereocenters. The lowest BCUT2D eigenvalue weighted by atomic mass is 9.84. The Labute approximate surface area is 265 Å². The first kappa shape index (κ1) is 33.3. The van der Waals surface area contributed by atoms with E-state index in [1.165, 1.54) is 0 Å². The molecule has 11 atom stereocenters. The lowest BCUT2D eigenvalue weighted by Crippen LogP contribution is -2.42. The summed E-state index contributed by atoms with van der Waals surface area (Å²) in [4.78, 5) is 30.1. The molecule has 3 fully saturated rings. The van der Waals surface area contributed by atoms with Crippen molar-refractivity contribution >= 4 is 18.0 Å². The van der Waals surface area contributed by atoms with Crippen molar-refractivity contribution in [3.8, 4) is 0 Å². The van der Waals surface area contributed by atoms with E-state index in [-0.39, 0.29) is 48.5 Å². The van der Waals surface area contributed by atoms with Gasteiger partial charge in [0.2, 0.25) is 0 Å². The largest absolute Gasteiger partial charge is 0.462 e. The Morgan fingerprint density at radius 1 is 1.16 bits per heavy atom. The Morgan fingerprint density at radius 3 is 2.62 bits per heavy atom. The molecule has 1 aromatic heterocycles. The van der Waals surface area contributed by atoms with Crippen LogP contribution in [0.15, 0.2) is 52.2 Å². The molecule has 0 radical (unpaired) electrons. The van der Waals surface area contributed by atoms with E-state index in [4.69, 9.17) is 28.1 Å². The van der Waals surface area contributed by atoms with Gasteiger partial charge in [0.25, 0.3) is 0 Å². The fourth-order valence-corrected chi connectivity index (χ4v) is 6.64. The average molecular weight is 626 g/mol. The van der Waals surface area contributed by atoms with Crippen LogP contribution in [0, 0.1) is 24.7 Å². The molecule has 4 aliphatic rings. The number of oxazole rings is 1. The van der Waals surface area contributed by atoms with Crippen molar-refractivity contribution in [2.75, 3.05) is 7.11 Å². The number of epoxide rings is 2. The third-order valence-corrected chi connectivity index (χ3v) is 9.63. The molecule has 10 heteroatoms. The average Bonchev–Trinajstić information content (AvgIpc) is 3.86. The number of cyclic esters (lactones) is 1. The van der Waals surface area contributed by atoms with Crippen molar-refractivity contribution in [3.63, 3.8) is 0 Å². The van der Waals surface area contributed by atoms with Crippen LogP contribution in [-0.2, 0) is 33.3 Å². The number of aromatic nitrogens is 1. The highest BCUT2D eigenvalue weighted by Gasteiger charge is 2.57. The molecule has 0 spiro atoms. The lowest BCUT2D eigenvalue weighted by Gasteiger charge is -2.33. The van der Waals surface area contributed by atoms with E-state index in [9.17, 15) is 14.7 Å². The Balaban J connectivity index is 1.33. The third kappa shape index (κ3) is 8.03. The van der Waals surface area contributed by atoms with Crippen LogP contribution in [0.4, 0.5) is 0 Å². The van der Waals surface area contributed by atoms with Gasteiger partial charge >= 0.3 is 11.9 Å². The number of esters is 2. The second-order valence-electron chi connectivity index (χ2n) is 13.3. The second-order valence-corrected chi connectivity index (χ2v) is 13.3. The Kier molecular flexibility index (Phi) is 10.2. The number of carbonyl (C=O) groups excluding carboxylic acids is 2. The van der Waals surface area contributed by atoms with Crippen LogP contribution in [0.5, 0.6) is 0 Å². The van der Waals surface area contributed by atoms with Crippen LogP contribution in [-0.4, -0.2) is 77.5 Å². The van der Waals surface area contributed by atoms with Gasteiger partial charge < -0.3 is 33.2 Å². The van der Waals surface area contributed by atoms with Gasteiger partial charge in [-0.15, -0.1) is 0 Å². The third-order valence-electron chi connectivity index (χ3n) is 9.63. The molecule has 4 aliphatic heterocycles. The second kappa shape index (κ2) is 13.7. The van der Waals surface area contributed by atoms with Gasteiger partial charge in [0.15, 0.2) is 12.0 Å². The summed E-state index contributed by atoms with van der Waals surface area (Å²) in [5.41, 5.74) is 1.86. The van der Waals surface area contributed by atoms with Crippen LogP contribution in [0.2, 0.25) is 0 Å². The van der Waals surface area contributed by atoms with Crippen molar-refractivity contribution in [1.29, 1.82) is 0 Å². The van der Waals surface area contributed by atoms with Gasteiger partial charge in [0.1, 0.15) is 35.9 Å². The van der Waals surface area contributed by atoms with Crippen molar-refractivity contribution in [3.05, 3.63) is 59.4 Å². The molecule has 2 bridgehead atoms. The van der Waals surface area contributed by atoms with Crippen molar-refractivity contribution in [2.45, 2.75) is 116 Å². The number of aryl methyl sites for hydroxylation is 1. The number of hydrogen-bond acceptors (Lipinski definition) is 10. The first-order chi connectivity index (χ1) is 21.4. The van der Waals surface area contributed by atoms with E-state index >= 15 is 0 Å². The number of aliphatic hydroxyl groups is 1. The smallest absolute Gasteiger partial charge is 0.338 e. The van der Waals surface area contributed by atoms with Gasteiger partial charge in [-0.25, -0.2) is 9.78 Å². The fraction of sp³-hybridized carbons (Fsp3) is 0.629. The van der Waals surface area contributed by atoms with Gasteiger partial charge in [-0.05, 0) is 56.8 Å². The highest BCUT2D eigenvalue weighted by molar-refractivity contribution is 5.78. The van der Waals surface area contributed by atoms with E-state index in [2.05, 4.69) is 4.98 Å². The molecule has 5 heterocycles. The zero-order chi connectivity index (χ0) is 32.5. The summed E-state index contributed by atoms with van der Waals surface area (Å²) < 4.78 is 34.7. The van der Waals surface area contributed by atoms with Gasteiger partial charge in [0, 0.05) is 38.7 Å². The molecule has 0 aromatic carbocycles. The summed E-state index contributed by atoms with van der Waals surface area (Å²) in [7, 11) is 1.63. The molecule has 5 rings (SSSR count). The van der Waals surface area contributed by atoms with E-state index in [1.807, 2.05) is 71.1 Å². The number of carbonyl (C=O) groups is 2. The quantitative estimate of drug-likeness (QED) is 0.190. The molecular formula is C35H47NO9. The number of hydrogen-bond donors (Lipinski definition) is 1. The maximum Gasteiger partial charge on any atom is 0.338 e. The Hall–Kier alpha value is -3.05. The minimum atomic E-state index is -0.905. The van der Waals surface area contributed by atoms with Crippen LogP contribution in [0.25, 0.3) is 6.08 Å². The highest BCUT2D eigenvalue weighted by atomic mass is 16.6. The standard InChI is InChI=1S/C35H47NO9/c1-19(13-25-18-41-23(5)36-25)9-8-10-21(3)32(40-7)22(4)27-17-29(37)35(6)30(45-35)12-11-20(2)26-14-24(16-31(38)42-26)15-28-33(43-28)34(39)44-27/h8-13,18,20,22,24,26-30,32-33,37H,14-17H2,1-7H3/b9-8+,12-11+,19-13+,21-10+/t20-,22+,24+,26-,27+,28-,29-,30-,32+,33-,35-/m1/s1. The lowest BCUT2D eigenvalue weighted by molar-refractivity contribution is -0.159. The molecule has 45 heavy (non-hydrogen) atoms. The molecule has 0 aliphatic carbocycles. The van der Waals surface area contributed by atoms with Gasteiger partial charge in [-0.3, -0.25) is 4.79 Å². The minimum absolute atomic E-state index is 0.0130. The normalized spacial score (nSPS) is 38.0. The van der Waals surface area contributed by atoms with Crippen molar-refractivity contribution < 1.29 is 42.8 Å². The Morgan fingerprint density at radius 2 is 1.91 bits per heavy atom. The van der Waals surface area contributed by atoms with Gasteiger partial charge in [0.05, 0.1) is 18.3 Å². The van der Waals surface area contributed by atoms with E-state index < -0.39 is 36.0 Å². The summed E-state index contributed by atoms with van der Waals surface area (Å²) in [6, 6.07) is 0. The number of allylic oxidation sites excluding steroid dienone is 4. The SMILES string of the molecule is CO[C@@H](/C(C)=C/C=C/C(C)=C/c1coc(C)n1)[C@@H](C)[C@@H]1C[C@@H](O)[C@@]2(C)O[C@@H]2/C=C/[C@@H](C)[C@H]2C[C@H](CC(=O)O2)C[C@H]2O[C@H]2C(=O)O1. The van der Waals surface area contributed by atoms with Crippen molar-refractivity contribution in [2.24, 2.45) is 17.8 Å². The van der Waals surface area contributed by atoms with E-state index in [0.717, 1.165) is 16.8 Å². The Bertz CT molecular complexity index is 1360. The number of methoxy groups -OCH3 is 1. The van der Waals surface area contributed by atoms with Gasteiger partial charge in [-0.2, -0.15) is 0 Å². The minimum Gasteiger partial charge on any atom is -0.462 e. The maximum atomic E-state index is 13.4. The molecule has 10 nitrogen and oxygen atoms in total. The first-order valence-electron chi connectivity index (χ1n) is 16.0. The molecule has 0 amide bonds. The van der Waals surface area contributed by atoms with Crippen molar-refractivity contribution in [1.82, 2.24) is 4.98 Å². The number of rotatable bonds is 7. The van der Waals surface area contributed by atoms with Crippen LogP contribution in [0.3, 0.4) is 0 Å². The number of nitrogens with zero attached hydrogens (tertiary/aromatic N) is 1. The molecule has 0 saturated carbocycles. The molecule has 246 valence electrons. The van der Waals surface area contributed by atoms with Crippen LogP contribution in [0.1, 0.15) is 71.9 Å². The highest BCUT2D eigenvalue weighted by Crippen LogP contribution is 2.44. The summed E-state index contributed by atoms with van der Waals surface area (Å²) in [6.45, 7) is 11.6. The number of aliphatic hydroxyl groups excluding tert-OH is 1. The van der Waals surface area contributed by atoms with Crippen LogP contribution < -0.4 is 0 Å². The monoisotopic (exact) mass is 625 g/mol. The maximum absolute atomic E-state index is 13.4. The zero-order valence-electron chi connectivity index (χ0n) is 27.3. The number of ether oxygens (including phenoxy) is 5. The number of fused-ring (bicyclic) bond motifs is 4. The predicted molar refractivity (Wildman–Crippen MR) is 166 cm³/mol.